The zero-order valence-corrected chi connectivity index (χ0v) is 4.93. The second-order valence-electron chi connectivity index (χ2n) is 0.967. The number of carbonyl (C=O) groups is 1. The van der Waals surface area contributed by atoms with Crippen molar-refractivity contribution in [3.8, 4) is 0 Å². The van der Waals surface area contributed by atoms with Gasteiger partial charge in [0.2, 0.25) is 5.12 Å². The lowest BCUT2D eigenvalue weighted by atomic mass is 10.5. The molecule has 0 aromatic rings. The van der Waals surface area contributed by atoms with Gasteiger partial charge < -0.3 is 0 Å². The zero-order valence-electron chi connectivity index (χ0n) is 3.36. The highest BCUT2D eigenvalue weighted by Gasteiger charge is 2.04. The van der Waals surface area contributed by atoms with Crippen LogP contribution < -0.4 is 0 Å². The fourth-order valence-electron chi connectivity index (χ4n) is 0.126. The lowest BCUT2D eigenvalue weighted by molar-refractivity contribution is -0.111. The Kier molecular flexibility index (Phi) is 3.21. The van der Waals surface area contributed by atoms with Crippen molar-refractivity contribution in [3.63, 3.8) is 0 Å². The van der Waals surface area contributed by atoms with Crippen molar-refractivity contribution >= 4 is 29.3 Å². The summed E-state index contributed by atoms with van der Waals surface area (Å²) in [5.41, 5.74) is -1.61. The average molecular weight is 142 g/mol. The Labute approximate surface area is 51.3 Å². The van der Waals surface area contributed by atoms with Crippen molar-refractivity contribution < 1.29 is 9.18 Å². The van der Waals surface area contributed by atoms with Crippen LogP contribution in [0.2, 0.25) is 0 Å². The smallest absolute Gasteiger partial charge is 0.222 e. The Morgan fingerprint density at radius 3 is 2.43 bits per heavy atom. The number of rotatable bonds is 2. The first-order valence-electron chi connectivity index (χ1n) is 1.61. The van der Waals surface area contributed by atoms with E-state index in [1.807, 2.05) is 0 Å². The minimum absolute atomic E-state index is 0.364. The molecule has 0 amide bonds. The van der Waals surface area contributed by atoms with Gasteiger partial charge in [-0.05, 0) is 12.6 Å². The molecule has 0 saturated heterocycles. The highest BCUT2D eigenvalue weighted by Crippen LogP contribution is 2.03. The number of halogens is 2. The van der Waals surface area contributed by atoms with E-state index in [4.69, 9.17) is 11.6 Å². The maximum absolute atomic E-state index is 11.4. The molecule has 0 aliphatic carbocycles. The molecule has 0 saturated carbocycles. The number of hydrogen-bond acceptors (Lipinski definition) is 1. The fourth-order valence-corrected chi connectivity index (χ4v) is 0.504. The molecule has 1 atom stereocenters. The van der Waals surface area contributed by atoms with Crippen molar-refractivity contribution in [1.82, 2.24) is 0 Å². The third kappa shape index (κ3) is 6.11. The Morgan fingerprint density at radius 1 is 2.00 bits per heavy atom. The first kappa shape index (κ1) is 7.11. The van der Waals surface area contributed by atoms with Crippen molar-refractivity contribution in [3.05, 3.63) is 0 Å². The highest BCUT2D eigenvalue weighted by molar-refractivity contribution is 7.96. The molecule has 0 fully saturated rings. The van der Waals surface area contributed by atoms with Gasteiger partial charge in [-0.25, -0.2) is 4.39 Å². The maximum atomic E-state index is 11.4. The van der Waals surface area contributed by atoms with Crippen molar-refractivity contribution in [2.24, 2.45) is 0 Å². The topological polar surface area (TPSA) is 17.1 Å². The van der Waals surface area contributed by atoms with E-state index < -0.39 is 10.7 Å². The molecular weight excluding hydrogens is 139 g/mol. The van der Waals surface area contributed by atoms with E-state index in [1.165, 1.54) is 0 Å². The number of hydrogen-bond donors (Lipinski definition) is 0. The first-order valence-corrected chi connectivity index (χ1v) is 2.45. The highest BCUT2D eigenvalue weighted by atomic mass is 35.5. The molecule has 0 spiro atoms. The molecule has 0 N–H and O–H groups in total. The van der Waals surface area contributed by atoms with Gasteiger partial charge in [0.05, 0.1) is 6.42 Å². The third-order valence-electron chi connectivity index (χ3n) is 0.321. The molecule has 0 aliphatic rings. The van der Waals surface area contributed by atoms with Gasteiger partial charge in [0.1, 0.15) is 0 Å². The maximum Gasteiger partial charge on any atom is 0.222 e. The minimum Gasteiger partial charge on any atom is -0.282 e. The molecule has 0 aromatic heterocycles. The van der Waals surface area contributed by atoms with E-state index in [1.54, 1.807) is 0 Å². The van der Waals surface area contributed by atoms with E-state index >= 15 is 0 Å². The van der Waals surface area contributed by atoms with Gasteiger partial charge in [-0.1, -0.05) is 11.6 Å². The van der Waals surface area contributed by atoms with Crippen LogP contribution in [-0.4, -0.2) is 10.7 Å². The first-order chi connectivity index (χ1) is 3.13. The normalized spacial score (nSPS) is 13.4. The minimum atomic E-state index is -1.61. The average Bonchev–Trinajstić information content (AvgIpc) is 1.27. The summed E-state index contributed by atoms with van der Waals surface area (Å²) in [4.78, 5) is 9.74. The number of alkyl halides is 2. The molecule has 4 heteroatoms. The van der Waals surface area contributed by atoms with E-state index in [9.17, 15) is 9.18 Å². The summed E-state index contributed by atoms with van der Waals surface area (Å²) in [5.74, 6) is 0. The Balaban J connectivity index is 3.13. The van der Waals surface area contributed by atoms with Gasteiger partial charge in [-0.15, -0.1) is 0 Å². The molecule has 0 bridgehead atoms. The van der Waals surface area contributed by atoms with Crippen LogP contribution in [-0.2, 0) is 4.79 Å². The Morgan fingerprint density at radius 2 is 2.43 bits per heavy atom. The Bertz CT molecular complexity index is 75.3. The standard InChI is InChI=1S/C3H3ClFOS/c4-2(5)1-3(6)7/h2H,1H2. The largest absolute Gasteiger partial charge is 0.282 e. The van der Waals surface area contributed by atoms with Crippen molar-refractivity contribution in [2.75, 3.05) is 0 Å². The Hall–Kier alpha value is 0.110. The van der Waals surface area contributed by atoms with Crippen LogP contribution >= 0.6 is 24.2 Å². The van der Waals surface area contributed by atoms with Crippen LogP contribution in [0.15, 0.2) is 0 Å². The molecular formula is C3H3ClFOS. The van der Waals surface area contributed by atoms with Crippen LogP contribution in [0, 0.1) is 0 Å². The fraction of sp³-hybridized carbons (Fsp3) is 0.667. The summed E-state index contributed by atoms with van der Waals surface area (Å²) >= 11 is 8.71. The zero-order chi connectivity index (χ0) is 5.86. The summed E-state index contributed by atoms with van der Waals surface area (Å²) in [6.45, 7) is 0. The quantitative estimate of drug-likeness (QED) is 0.535. The second kappa shape index (κ2) is 3.16. The van der Waals surface area contributed by atoms with E-state index in [0.29, 0.717) is 0 Å². The molecule has 0 rings (SSSR count). The molecule has 1 unspecified atom stereocenters. The molecule has 7 heavy (non-hydrogen) atoms. The molecule has 0 aliphatic heterocycles. The molecule has 41 valence electrons. The van der Waals surface area contributed by atoms with E-state index in [0.717, 1.165) is 0 Å². The van der Waals surface area contributed by atoms with Gasteiger partial charge in [0, 0.05) is 0 Å². The van der Waals surface area contributed by atoms with Gasteiger partial charge in [-0.3, -0.25) is 4.79 Å². The summed E-state index contributed by atoms with van der Waals surface area (Å²) < 4.78 is 11.4. The lowest BCUT2D eigenvalue weighted by Crippen LogP contribution is -1.94. The number of carbonyl (C=O) groups excluding carboxylic acids is 1. The van der Waals surface area contributed by atoms with Gasteiger partial charge in [0.25, 0.3) is 0 Å². The lowest BCUT2D eigenvalue weighted by Gasteiger charge is -1.87. The van der Waals surface area contributed by atoms with Crippen LogP contribution in [0.4, 0.5) is 4.39 Å². The third-order valence-corrected chi connectivity index (χ3v) is 0.642. The van der Waals surface area contributed by atoms with E-state index in [-0.39, 0.29) is 6.42 Å². The summed E-state index contributed by atoms with van der Waals surface area (Å²) in [6.07, 6.45) is -0.364. The van der Waals surface area contributed by atoms with Gasteiger partial charge in [0.15, 0.2) is 5.63 Å². The van der Waals surface area contributed by atoms with Crippen LogP contribution in [0.3, 0.4) is 0 Å². The molecule has 1 nitrogen and oxygen atoms in total. The van der Waals surface area contributed by atoms with Gasteiger partial charge >= 0.3 is 0 Å². The molecule has 1 radical (unpaired) electrons. The van der Waals surface area contributed by atoms with E-state index in [2.05, 4.69) is 12.6 Å². The second-order valence-corrected chi connectivity index (χ2v) is 1.90. The predicted molar refractivity (Wildman–Crippen MR) is 28.0 cm³/mol. The molecule has 0 heterocycles. The van der Waals surface area contributed by atoms with Crippen LogP contribution in [0.5, 0.6) is 0 Å². The van der Waals surface area contributed by atoms with Crippen molar-refractivity contribution in [1.29, 1.82) is 0 Å². The molecule has 0 aromatic carbocycles. The van der Waals surface area contributed by atoms with Crippen LogP contribution in [0.1, 0.15) is 6.42 Å². The summed E-state index contributed by atoms with van der Waals surface area (Å²) in [6, 6.07) is 0. The monoisotopic (exact) mass is 141 g/mol. The predicted octanol–water partition coefficient (Wildman–Crippen LogP) is 1.64. The SMILES string of the molecule is O=C([S])CC(F)Cl. The van der Waals surface area contributed by atoms with Crippen LogP contribution in [0.25, 0.3) is 0 Å². The van der Waals surface area contributed by atoms with Gasteiger partial charge in [-0.2, -0.15) is 0 Å². The summed E-state index contributed by atoms with van der Waals surface area (Å²) in [7, 11) is 0. The summed E-state index contributed by atoms with van der Waals surface area (Å²) in [5, 5.41) is -0.637. The van der Waals surface area contributed by atoms with Crippen molar-refractivity contribution in [2.45, 2.75) is 12.1 Å².